The van der Waals surface area contributed by atoms with Crippen molar-refractivity contribution < 1.29 is 57.6 Å². The van der Waals surface area contributed by atoms with Gasteiger partial charge in [-0.25, -0.2) is 0 Å². The summed E-state index contributed by atoms with van der Waals surface area (Å²) in [5.41, 5.74) is 0. The maximum atomic E-state index is 11.4. The van der Waals surface area contributed by atoms with Crippen molar-refractivity contribution in [2.75, 3.05) is 80.8 Å². The van der Waals surface area contributed by atoms with Crippen molar-refractivity contribution >= 4 is 11.9 Å². The normalized spacial score (nSPS) is 11.2. The van der Waals surface area contributed by atoms with Gasteiger partial charge in [-0.1, -0.05) is 0 Å². The third kappa shape index (κ3) is 18.5. The molecule has 0 fully saturated rings. The van der Waals surface area contributed by atoms with Crippen molar-refractivity contribution in [1.29, 1.82) is 0 Å². The van der Waals surface area contributed by atoms with E-state index in [0.29, 0.717) is 39.3 Å². The number of quaternary nitrogens is 2. The molecule has 0 spiro atoms. The first-order valence-corrected chi connectivity index (χ1v) is 9.15. The van der Waals surface area contributed by atoms with Gasteiger partial charge in [-0.3, -0.25) is 9.59 Å². The van der Waals surface area contributed by atoms with Crippen molar-refractivity contribution in [3.05, 3.63) is 0 Å². The summed E-state index contributed by atoms with van der Waals surface area (Å²) in [5, 5.41) is 0. The molecule has 0 N–H and O–H groups in total. The Labute approximate surface area is 177 Å². The van der Waals surface area contributed by atoms with Gasteiger partial charge < -0.3 is 48.0 Å². The smallest absolute Gasteiger partial charge is 0.311 e. The number of hydrogen-bond donors (Lipinski definition) is 0. The topological polar surface area (TPSA) is 61.8 Å². The molecule has 27 heavy (non-hydrogen) atoms. The number of halogens is 2. The SMILES string of the molecule is CCOC(=O)CC[N+](C)(C)CCOCC[N+](C)(C)CCC(=O)OCC.[Cl-].[Cl-]. The Balaban J connectivity index is -0.00000288. The van der Waals surface area contributed by atoms with Gasteiger partial charge in [-0.05, 0) is 13.8 Å². The number of hydrogen-bond acceptors (Lipinski definition) is 5. The number of likely N-dealkylation sites (N-methyl/N-ethyl adjacent to an activating group) is 2. The Morgan fingerprint density at radius 2 is 1.00 bits per heavy atom. The molecule has 7 nitrogen and oxygen atoms in total. The molecule has 0 aliphatic rings. The summed E-state index contributed by atoms with van der Waals surface area (Å²) in [6.07, 6.45) is 0.858. The summed E-state index contributed by atoms with van der Waals surface area (Å²) < 4.78 is 17.1. The third-order valence-electron chi connectivity index (χ3n) is 4.14. The number of nitrogens with zero attached hydrogens (tertiary/aromatic N) is 2. The Hall–Kier alpha value is -0.600. The monoisotopic (exact) mass is 432 g/mol. The van der Waals surface area contributed by atoms with E-state index in [1.165, 1.54) is 0 Å². The third-order valence-corrected chi connectivity index (χ3v) is 4.14. The Bertz CT molecular complexity index is 371. The number of esters is 2. The lowest BCUT2D eigenvalue weighted by atomic mass is 10.3. The summed E-state index contributed by atoms with van der Waals surface area (Å²) in [5.74, 6) is -0.287. The highest BCUT2D eigenvalue weighted by molar-refractivity contribution is 5.69. The van der Waals surface area contributed by atoms with E-state index in [0.717, 1.165) is 35.1 Å². The maximum Gasteiger partial charge on any atom is 0.311 e. The zero-order chi connectivity index (χ0) is 19.3. The molecule has 0 aromatic rings. The highest BCUT2D eigenvalue weighted by Gasteiger charge is 2.19. The van der Waals surface area contributed by atoms with Gasteiger partial charge in [0.05, 0.1) is 80.5 Å². The molecule has 9 heteroatoms. The van der Waals surface area contributed by atoms with Gasteiger partial charge in [-0.15, -0.1) is 0 Å². The number of rotatable bonds is 14. The highest BCUT2D eigenvalue weighted by Crippen LogP contribution is 2.03. The molecule has 0 heterocycles. The van der Waals surface area contributed by atoms with Crippen molar-refractivity contribution in [3.8, 4) is 0 Å². The van der Waals surface area contributed by atoms with Crippen LogP contribution >= 0.6 is 0 Å². The van der Waals surface area contributed by atoms with Gasteiger partial charge in [0, 0.05) is 0 Å². The molecule has 0 aliphatic carbocycles. The van der Waals surface area contributed by atoms with Crippen LogP contribution in [-0.2, 0) is 23.8 Å². The molecule has 164 valence electrons. The van der Waals surface area contributed by atoms with Crippen molar-refractivity contribution in [3.63, 3.8) is 0 Å². The van der Waals surface area contributed by atoms with Gasteiger partial charge >= 0.3 is 11.9 Å². The molecule has 0 bridgehead atoms. The van der Waals surface area contributed by atoms with E-state index >= 15 is 0 Å². The lowest BCUT2D eigenvalue weighted by Crippen LogP contribution is -3.00. The van der Waals surface area contributed by atoms with Crippen LogP contribution in [0.2, 0.25) is 0 Å². The Morgan fingerprint density at radius 3 is 1.30 bits per heavy atom. The lowest BCUT2D eigenvalue weighted by Gasteiger charge is -2.31. The first-order chi connectivity index (χ1) is 11.6. The van der Waals surface area contributed by atoms with Crippen LogP contribution in [0.15, 0.2) is 0 Å². The first kappa shape index (κ1) is 31.1. The first-order valence-electron chi connectivity index (χ1n) is 9.15. The van der Waals surface area contributed by atoms with Gasteiger partial charge in [0.1, 0.15) is 13.1 Å². The summed E-state index contributed by atoms with van der Waals surface area (Å²) in [6, 6.07) is 0. The fourth-order valence-corrected chi connectivity index (χ4v) is 2.20. The van der Waals surface area contributed by atoms with E-state index in [1.807, 2.05) is 13.8 Å². The summed E-state index contributed by atoms with van der Waals surface area (Å²) in [7, 11) is 8.34. The van der Waals surface area contributed by atoms with Gasteiger partial charge in [0.2, 0.25) is 0 Å². The number of carbonyl (C=O) groups is 2. The molecule has 0 rings (SSSR count). The van der Waals surface area contributed by atoms with Crippen molar-refractivity contribution in [1.82, 2.24) is 0 Å². The zero-order valence-corrected chi connectivity index (χ0v) is 19.3. The molecule has 0 amide bonds. The molecular formula is C18H38Cl2N2O5. The molecule has 0 unspecified atom stereocenters. The van der Waals surface area contributed by atoms with E-state index in [1.54, 1.807) is 0 Å². The van der Waals surface area contributed by atoms with E-state index in [-0.39, 0.29) is 36.8 Å². The van der Waals surface area contributed by atoms with Gasteiger partial charge in [0.25, 0.3) is 0 Å². The van der Waals surface area contributed by atoms with Crippen LogP contribution in [0.4, 0.5) is 0 Å². The maximum absolute atomic E-state index is 11.4. The van der Waals surface area contributed by atoms with Crippen LogP contribution in [0.3, 0.4) is 0 Å². The van der Waals surface area contributed by atoms with Crippen LogP contribution in [-0.4, -0.2) is 102 Å². The molecule has 0 saturated heterocycles. The highest BCUT2D eigenvalue weighted by atomic mass is 35.5. The van der Waals surface area contributed by atoms with Crippen molar-refractivity contribution in [2.24, 2.45) is 0 Å². The van der Waals surface area contributed by atoms with Crippen LogP contribution in [0.1, 0.15) is 26.7 Å². The molecule has 0 aliphatic heterocycles. The minimum absolute atomic E-state index is 0. The molecule has 0 aromatic heterocycles. The average molecular weight is 433 g/mol. The van der Waals surface area contributed by atoms with Crippen LogP contribution in [0, 0.1) is 0 Å². The predicted octanol–water partition coefficient (Wildman–Crippen LogP) is -4.93. The predicted molar refractivity (Wildman–Crippen MR) is 97.0 cm³/mol. The van der Waals surface area contributed by atoms with Crippen LogP contribution in [0.5, 0.6) is 0 Å². The second-order valence-electron chi connectivity index (χ2n) is 7.49. The molecule has 0 radical (unpaired) electrons. The fourth-order valence-electron chi connectivity index (χ4n) is 2.20. The van der Waals surface area contributed by atoms with Crippen LogP contribution < -0.4 is 24.8 Å². The second kappa shape index (κ2) is 16.4. The van der Waals surface area contributed by atoms with Crippen molar-refractivity contribution in [2.45, 2.75) is 26.7 Å². The van der Waals surface area contributed by atoms with Gasteiger partial charge in [-0.2, -0.15) is 0 Å². The lowest BCUT2D eigenvalue weighted by molar-refractivity contribution is -0.893. The minimum Gasteiger partial charge on any atom is -1.00 e. The largest absolute Gasteiger partial charge is 1.00 e. The average Bonchev–Trinajstić information content (AvgIpc) is 2.51. The quantitative estimate of drug-likeness (QED) is 0.156. The number of carbonyl (C=O) groups excluding carboxylic acids is 2. The zero-order valence-electron chi connectivity index (χ0n) is 17.8. The Morgan fingerprint density at radius 1 is 0.667 bits per heavy atom. The molecular weight excluding hydrogens is 395 g/mol. The number of ether oxygens (including phenoxy) is 3. The molecule has 0 atom stereocenters. The summed E-state index contributed by atoms with van der Waals surface area (Å²) >= 11 is 0. The van der Waals surface area contributed by atoms with E-state index < -0.39 is 0 Å². The summed E-state index contributed by atoms with van der Waals surface area (Å²) in [4.78, 5) is 22.9. The van der Waals surface area contributed by atoms with Crippen LogP contribution in [0.25, 0.3) is 0 Å². The molecule has 0 saturated carbocycles. The fraction of sp³-hybridized carbons (Fsp3) is 0.889. The Kier molecular flexibility index (Phi) is 18.9. The van der Waals surface area contributed by atoms with E-state index in [9.17, 15) is 9.59 Å². The standard InChI is InChI=1S/C18H38N2O5.2ClH/c1-7-24-17(21)9-11-19(3,4)13-15-23-16-14-20(5,6)12-10-18(22)25-8-2;;/h7-16H2,1-6H3;2*1H/q+2;;/p-2. The summed E-state index contributed by atoms with van der Waals surface area (Å²) in [6.45, 7) is 8.95. The minimum atomic E-state index is -0.143. The molecule has 0 aromatic carbocycles. The van der Waals surface area contributed by atoms with E-state index in [2.05, 4.69) is 28.2 Å². The van der Waals surface area contributed by atoms with Gasteiger partial charge in [0.15, 0.2) is 0 Å². The van der Waals surface area contributed by atoms with E-state index in [4.69, 9.17) is 14.2 Å². The second-order valence-corrected chi connectivity index (χ2v) is 7.49.